The highest BCUT2D eigenvalue weighted by molar-refractivity contribution is 5.04. The summed E-state index contributed by atoms with van der Waals surface area (Å²) in [6, 6.07) is 0. The van der Waals surface area contributed by atoms with Crippen LogP contribution in [0.15, 0.2) is 12.2 Å². The SMILES string of the molecule is C=C(COC(COCCO[C@H]1O[C@@H]2COC(C)(C)O[C@H]2[C@@H]2OC(C)(C)O[C@H]12)COCCO[C@H]1O[C@@H]2COC(C)(C)O[C@H]2[C@@H]2OC(C)(C)O[C@H]12)COC(COCCO[C@H]1O[C@@H]2COC(C)(C)O[C@H]2[C@@H]2OC(C)(C)O[C@H]12)COCCO[C@H]1O[C@@H]2COC(C)(C)O[C@H]2[C@@H]2OC(C)(C)O[C@H]12. The molecule has 552 valence electrons. The van der Waals surface area contributed by atoms with Gasteiger partial charge < -0.3 is 142 Å². The zero-order chi connectivity index (χ0) is 68.2. The van der Waals surface area contributed by atoms with Gasteiger partial charge in [-0.3, -0.25) is 0 Å². The molecule has 96 heavy (non-hydrogen) atoms. The summed E-state index contributed by atoms with van der Waals surface area (Å²) in [4.78, 5) is 0. The van der Waals surface area contributed by atoms with Crippen molar-refractivity contribution < 1.29 is 142 Å². The smallest absolute Gasteiger partial charge is 0.187 e. The molecule has 0 unspecified atom stereocenters. The van der Waals surface area contributed by atoms with Crippen LogP contribution in [0.3, 0.4) is 0 Å². The molecule has 0 N–H and O–H groups in total. The first kappa shape index (κ1) is 74.3. The van der Waals surface area contributed by atoms with Crippen molar-refractivity contribution in [3.8, 4) is 0 Å². The second-order valence-electron chi connectivity index (χ2n) is 30.0. The summed E-state index contributed by atoms with van der Waals surface area (Å²) in [5.41, 5.74) is 0.626. The monoisotopic (exact) mass is 1380 g/mol. The maximum Gasteiger partial charge on any atom is 0.187 e. The summed E-state index contributed by atoms with van der Waals surface area (Å²) in [5, 5.41) is 0. The van der Waals surface area contributed by atoms with Gasteiger partial charge in [-0.1, -0.05) is 6.58 Å². The Morgan fingerprint density at radius 2 is 0.500 bits per heavy atom. The lowest BCUT2D eigenvalue weighted by atomic mass is 9.97. The van der Waals surface area contributed by atoms with E-state index in [2.05, 4.69) is 6.58 Å². The minimum atomic E-state index is -0.878. The van der Waals surface area contributed by atoms with Crippen molar-refractivity contribution >= 4 is 0 Å². The Kier molecular flexibility index (Phi) is 23.2. The number of hydrogen-bond acceptors (Lipinski definition) is 30. The summed E-state index contributed by atoms with van der Waals surface area (Å²) in [7, 11) is 0. The van der Waals surface area contributed by atoms with Crippen molar-refractivity contribution in [1.29, 1.82) is 0 Å². The Morgan fingerprint density at radius 3 is 0.729 bits per heavy atom. The fourth-order valence-corrected chi connectivity index (χ4v) is 14.1. The molecule has 12 aliphatic rings. The van der Waals surface area contributed by atoms with Crippen molar-refractivity contribution in [2.24, 2.45) is 0 Å². The molecule has 0 radical (unpaired) electrons. The number of ether oxygens (including phenoxy) is 30. The Labute approximate surface area is 563 Å². The largest absolute Gasteiger partial charge is 0.376 e. The van der Waals surface area contributed by atoms with Crippen molar-refractivity contribution in [2.45, 2.75) is 292 Å². The van der Waals surface area contributed by atoms with Crippen molar-refractivity contribution in [3.05, 3.63) is 12.2 Å². The third-order valence-corrected chi connectivity index (χ3v) is 18.1. The van der Waals surface area contributed by atoms with Gasteiger partial charge in [-0.25, -0.2) is 0 Å². The molecule has 0 aliphatic carbocycles. The maximum absolute atomic E-state index is 6.48. The van der Waals surface area contributed by atoms with Gasteiger partial charge >= 0.3 is 0 Å². The van der Waals surface area contributed by atoms with Gasteiger partial charge in [0.15, 0.2) is 71.5 Å². The topological polar surface area (TPSA) is 277 Å². The molecule has 0 spiro atoms. The predicted octanol–water partition coefficient (Wildman–Crippen LogP) is 4.03. The van der Waals surface area contributed by atoms with E-state index in [-0.39, 0.29) is 92.5 Å². The first-order valence-electron chi connectivity index (χ1n) is 34.3. The average Bonchev–Trinajstić information content (AvgIpc) is 1.57. The van der Waals surface area contributed by atoms with Crippen LogP contribution in [-0.2, 0) is 142 Å². The van der Waals surface area contributed by atoms with Crippen molar-refractivity contribution in [3.63, 3.8) is 0 Å². The molecule has 0 aromatic heterocycles. The van der Waals surface area contributed by atoms with E-state index in [9.17, 15) is 0 Å². The third-order valence-electron chi connectivity index (χ3n) is 18.1. The maximum atomic E-state index is 6.48. The minimum Gasteiger partial charge on any atom is -0.376 e. The molecular formula is C66H108O30. The number of fused-ring (bicyclic) bond motifs is 12. The zero-order valence-corrected chi connectivity index (χ0v) is 58.9. The third kappa shape index (κ3) is 18.5. The molecule has 20 atom stereocenters. The zero-order valence-electron chi connectivity index (χ0n) is 58.9. The molecule has 0 saturated carbocycles. The van der Waals surface area contributed by atoms with Gasteiger partial charge in [0.2, 0.25) is 0 Å². The summed E-state index contributed by atoms with van der Waals surface area (Å²) >= 11 is 0. The summed E-state index contributed by atoms with van der Waals surface area (Å²) in [6.07, 6.45) is -11.5. The van der Waals surface area contributed by atoms with Gasteiger partial charge in [0.05, 0.1) is 119 Å². The second kappa shape index (κ2) is 30.0. The van der Waals surface area contributed by atoms with E-state index in [4.69, 9.17) is 142 Å². The quantitative estimate of drug-likeness (QED) is 0.0725. The predicted molar refractivity (Wildman–Crippen MR) is 325 cm³/mol. The van der Waals surface area contributed by atoms with Gasteiger partial charge in [-0.2, -0.15) is 0 Å². The molecule has 12 saturated heterocycles. The molecule has 30 heteroatoms. The van der Waals surface area contributed by atoms with Gasteiger partial charge in [0, 0.05) is 0 Å². The van der Waals surface area contributed by atoms with Crippen molar-refractivity contribution in [2.75, 3.05) is 119 Å². The Bertz CT molecular complexity index is 2210. The van der Waals surface area contributed by atoms with E-state index in [0.29, 0.717) is 32.0 Å². The fraction of sp³-hybridized carbons (Fsp3) is 0.970. The Hall–Kier alpha value is -1.46. The van der Waals surface area contributed by atoms with Crippen LogP contribution in [0.5, 0.6) is 0 Å². The van der Waals surface area contributed by atoms with Gasteiger partial charge in [-0.15, -0.1) is 0 Å². The molecule has 0 aromatic carbocycles. The molecule has 12 heterocycles. The van der Waals surface area contributed by atoms with Gasteiger partial charge in [-0.05, 0) is 116 Å². The molecule has 12 rings (SSSR count). The molecular weight excluding hydrogens is 1270 g/mol. The van der Waals surface area contributed by atoms with Crippen LogP contribution in [0.2, 0.25) is 0 Å². The van der Waals surface area contributed by atoms with Gasteiger partial charge in [0.1, 0.15) is 110 Å². The first-order chi connectivity index (χ1) is 45.3. The lowest BCUT2D eigenvalue weighted by molar-refractivity contribution is -0.371. The van der Waals surface area contributed by atoms with Crippen LogP contribution in [0.1, 0.15) is 111 Å². The van der Waals surface area contributed by atoms with E-state index in [1.807, 2.05) is 111 Å². The normalized spacial score (nSPS) is 41.1. The highest BCUT2D eigenvalue weighted by atomic mass is 16.9. The molecule has 12 aliphatic heterocycles. The highest BCUT2D eigenvalue weighted by Gasteiger charge is 2.63. The lowest BCUT2D eigenvalue weighted by Gasteiger charge is -2.48. The standard InChI is InChI=1S/C66H108O30/c1-36(26-75-37(28-67-18-22-71-55-51-47(89-63(10,11)93-51)43-39(81-55)32-77-59(2,3)85-43)29-68-19-23-72-56-52-48(90-64(12,13)94-52)44-40(82-56)33-78-60(4,5)86-44)27-76-38(30-69-20-24-73-57-53-49(91-65(14,15)95-53)45-41(83-57)34-79-61(6,7)87-45)31-70-21-25-74-58-54-50(92-66(16,17)96-54)46-42(84-58)35-80-62(8,9)88-46/h37-58H,1,18-35H2,2-17H3/t39-,40-,41-,42-,43-,44-,45-,46-,47+,48+,49+,50+,51+,52+,53+,54+,55+,56+,57+,58+/m1/s1. The molecule has 0 bridgehead atoms. The first-order valence-corrected chi connectivity index (χ1v) is 34.3. The Morgan fingerprint density at radius 1 is 0.292 bits per heavy atom. The number of hydrogen-bond donors (Lipinski definition) is 0. The summed E-state index contributed by atoms with van der Waals surface area (Å²) in [5.74, 6) is -6.74. The molecule has 0 amide bonds. The highest BCUT2D eigenvalue weighted by Crippen LogP contribution is 2.47. The second-order valence-corrected chi connectivity index (χ2v) is 30.0. The van der Waals surface area contributed by atoms with Crippen LogP contribution in [0.25, 0.3) is 0 Å². The van der Waals surface area contributed by atoms with E-state index in [1.165, 1.54) is 0 Å². The van der Waals surface area contributed by atoms with Crippen molar-refractivity contribution in [1.82, 2.24) is 0 Å². The molecule has 0 aromatic rings. The van der Waals surface area contributed by atoms with E-state index >= 15 is 0 Å². The minimum absolute atomic E-state index is 0.0921. The van der Waals surface area contributed by atoms with Crippen LogP contribution in [0, 0.1) is 0 Å². The summed E-state index contributed by atoms with van der Waals surface area (Å²) in [6.45, 7) is 37.5. The van der Waals surface area contributed by atoms with Crippen LogP contribution in [-0.4, -0.2) is 300 Å². The lowest BCUT2D eigenvalue weighted by Crippen LogP contribution is -2.64. The molecule has 12 fully saturated rings. The van der Waals surface area contributed by atoms with Crippen LogP contribution >= 0.6 is 0 Å². The molecule has 30 nitrogen and oxygen atoms in total. The van der Waals surface area contributed by atoms with Crippen LogP contribution < -0.4 is 0 Å². The van der Waals surface area contributed by atoms with Crippen LogP contribution in [0.4, 0.5) is 0 Å². The Balaban J connectivity index is 0.645. The van der Waals surface area contributed by atoms with E-state index in [1.54, 1.807) is 0 Å². The number of rotatable bonds is 30. The summed E-state index contributed by atoms with van der Waals surface area (Å²) < 4.78 is 188. The van der Waals surface area contributed by atoms with E-state index in [0.717, 1.165) is 0 Å². The fourth-order valence-electron chi connectivity index (χ4n) is 14.1. The van der Waals surface area contributed by atoms with E-state index < -0.39 is 181 Å². The average molecular weight is 1380 g/mol. The van der Waals surface area contributed by atoms with Gasteiger partial charge in [0.25, 0.3) is 0 Å².